The number of nitrogens with zero attached hydrogens (tertiary/aromatic N) is 1. The smallest absolute Gasteiger partial charge is 0.322 e. The summed E-state index contributed by atoms with van der Waals surface area (Å²) in [5.74, 6) is -0.758. The van der Waals surface area contributed by atoms with Crippen LogP contribution in [0.2, 0.25) is 0 Å². The van der Waals surface area contributed by atoms with Crippen LogP contribution in [0.4, 0.5) is 0 Å². The quantitative estimate of drug-likeness (QED) is 0.664. The van der Waals surface area contributed by atoms with Crippen molar-refractivity contribution in [1.29, 1.82) is 0 Å². The fourth-order valence-electron chi connectivity index (χ4n) is 1.66. The molecular weight excluding hydrogens is 196 g/mol. The van der Waals surface area contributed by atoms with Gasteiger partial charge in [-0.05, 0) is 13.8 Å². The Hall–Kier alpha value is -0.650. The van der Waals surface area contributed by atoms with Crippen molar-refractivity contribution in [3.05, 3.63) is 0 Å². The van der Waals surface area contributed by atoms with Crippen LogP contribution in [0.25, 0.3) is 0 Å². The van der Waals surface area contributed by atoms with Crippen molar-refractivity contribution in [3.8, 4) is 0 Å². The lowest BCUT2D eigenvalue weighted by molar-refractivity contribution is -0.144. The second kappa shape index (κ2) is 6.05. The first kappa shape index (κ1) is 12.4. The second-order valence-corrected chi connectivity index (χ2v) is 4.01. The highest BCUT2D eigenvalue weighted by Crippen LogP contribution is 2.03. The van der Waals surface area contributed by atoms with E-state index < -0.39 is 12.0 Å². The van der Waals surface area contributed by atoms with Crippen molar-refractivity contribution in [3.63, 3.8) is 0 Å². The summed E-state index contributed by atoms with van der Waals surface area (Å²) in [5, 5.41) is 12.1. The average Bonchev–Trinajstić information content (AvgIpc) is 2.17. The van der Waals surface area contributed by atoms with Crippen LogP contribution in [0.15, 0.2) is 0 Å². The molecule has 1 rings (SSSR count). The van der Waals surface area contributed by atoms with E-state index >= 15 is 0 Å². The molecule has 1 unspecified atom stereocenters. The van der Waals surface area contributed by atoms with E-state index in [4.69, 9.17) is 9.84 Å². The fraction of sp³-hybridized carbons (Fsp3) is 0.900. The lowest BCUT2D eigenvalue weighted by atomic mass is 10.2. The zero-order valence-corrected chi connectivity index (χ0v) is 9.40. The third-order valence-electron chi connectivity index (χ3n) is 2.47. The molecule has 1 saturated heterocycles. The van der Waals surface area contributed by atoms with Crippen molar-refractivity contribution in [2.75, 3.05) is 32.8 Å². The predicted molar refractivity (Wildman–Crippen MR) is 57.0 cm³/mol. The maximum absolute atomic E-state index is 10.9. The number of ether oxygens (including phenoxy) is 1. The van der Waals surface area contributed by atoms with Gasteiger partial charge < -0.3 is 15.2 Å². The van der Waals surface area contributed by atoms with Gasteiger partial charge in [0.25, 0.3) is 0 Å². The minimum absolute atomic E-state index is 0.205. The number of carboxylic acids is 1. The molecule has 0 bridgehead atoms. The maximum atomic E-state index is 10.9. The summed E-state index contributed by atoms with van der Waals surface area (Å²) in [5.41, 5.74) is 0. The van der Waals surface area contributed by atoms with Gasteiger partial charge in [-0.15, -0.1) is 0 Å². The molecule has 0 aromatic carbocycles. The molecule has 0 aromatic heterocycles. The van der Waals surface area contributed by atoms with Gasteiger partial charge in [0.05, 0.1) is 12.7 Å². The summed E-state index contributed by atoms with van der Waals surface area (Å²) < 4.78 is 5.42. The van der Waals surface area contributed by atoms with E-state index in [9.17, 15) is 4.79 Å². The first-order valence-electron chi connectivity index (χ1n) is 5.40. The molecule has 5 nitrogen and oxygen atoms in total. The number of hydrogen-bond donors (Lipinski definition) is 2. The number of nitrogens with one attached hydrogen (secondary N) is 1. The first-order valence-corrected chi connectivity index (χ1v) is 5.40. The topological polar surface area (TPSA) is 61.8 Å². The van der Waals surface area contributed by atoms with E-state index in [-0.39, 0.29) is 6.10 Å². The van der Waals surface area contributed by atoms with E-state index in [2.05, 4.69) is 5.32 Å². The van der Waals surface area contributed by atoms with Crippen molar-refractivity contribution in [2.45, 2.75) is 26.0 Å². The van der Waals surface area contributed by atoms with Crippen molar-refractivity contribution < 1.29 is 14.6 Å². The Bertz CT molecular complexity index is 209. The molecule has 0 aromatic rings. The number of rotatable bonds is 5. The Morgan fingerprint density at radius 1 is 1.67 bits per heavy atom. The van der Waals surface area contributed by atoms with Crippen molar-refractivity contribution in [2.24, 2.45) is 0 Å². The highest BCUT2D eigenvalue weighted by atomic mass is 16.5. The molecule has 0 spiro atoms. The summed E-state index contributed by atoms with van der Waals surface area (Å²) >= 11 is 0. The lowest BCUT2D eigenvalue weighted by Crippen LogP contribution is -2.55. The van der Waals surface area contributed by atoms with Crippen LogP contribution >= 0.6 is 0 Å². The predicted octanol–water partition coefficient (Wildman–Crippen LogP) is -0.230. The van der Waals surface area contributed by atoms with Gasteiger partial charge in [-0.25, -0.2) is 0 Å². The number of carbonyl (C=O) groups is 1. The number of aliphatic carboxylic acids is 1. The molecule has 15 heavy (non-hydrogen) atoms. The Morgan fingerprint density at radius 3 is 3.00 bits per heavy atom. The Balaban J connectivity index is 2.33. The molecule has 1 atom stereocenters. The molecule has 5 heteroatoms. The van der Waals surface area contributed by atoms with Gasteiger partial charge in [0.1, 0.15) is 6.04 Å². The SMILES string of the molecule is CC(C)OCCN1CCNCC1C(=O)O. The minimum Gasteiger partial charge on any atom is -0.480 e. The Labute approximate surface area is 90.4 Å². The fourth-order valence-corrected chi connectivity index (χ4v) is 1.66. The van der Waals surface area contributed by atoms with E-state index in [0.717, 1.165) is 13.1 Å². The van der Waals surface area contributed by atoms with Gasteiger partial charge >= 0.3 is 5.97 Å². The molecule has 1 aliphatic rings. The normalized spacial score (nSPS) is 23.3. The van der Waals surface area contributed by atoms with Gasteiger partial charge in [0.15, 0.2) is 0 Å². The lowest BCUT2D eigenvalue weighted by Gasteiger charge is -2.33. The first-order chi connectivity index (χ1) is 7.11. The maximum Gasteiger partial charge on any atom is 0.322 e. The van der Waals surface area contributed by atoms with Gasteiger partial charge in [0.2, 0.25) is 0 Å². The molecule has 1 aliphatic heterocycles. The zero-order valence-electron chi connectivity index (χ0n) is 9.40. The Kier molecular flexibility index (Phi) is 5.01. The third kappa shape index (κ3) is 4.15. The third-order valence-corrected chi connectivity index (χ3v) is 2.47. The number of carboxylic acid groups (broad SMARTS) is 1. The average molecular weight is 216 g/mol. The molecule has 0 amide bonds. The van der Waals surface area contributed by atoms with Gasteiger partial charge in [0, 0.05) is 26.2 Å². The van der Waals surface area contributed by atoms with E-state index in [1.54, 1.807) is 0 Å². The largest absolute Gasteiger partial charge is 0.480 e. The summed E-state index contributed by atoms with van der Waals surface area (Å²) in [7, 11) is 0. The van der Waals surface area contributed by atoms with Gasteiger partial charge in [-0.3, -0.25) is 9.69 Å². The van der Waals surface area contributed by atoms with Crippen LogP contribution in [0.5, 0.6) is 0 Å². The molecule has 1 fully saturated rings. The summed E-state index contributed by atoms with van der Waals surface area (Å²) in [4.78, 5) is 12.9. The molecular formula is C10H20N2O3. The van der Waals surface area contributed by atoms with Crippen molar-refractivity contribution >= 4 is 5.97 Å². The van der Waals surface area contributed by atoms with Crippen LogP contribution in [0, 0.1) is 0 Å². The molecule has 1 heterocycles. The van der Waals surface area contributed by atoms with Crippen LogP contribution in [-0.4, -0.2) is 60.9 Å². The summed E-state index contributed by atoms with van der Waals surface area (Å²) in [6, 6.07) is -0.408. The van der Waals surface area contributed by atoms with Gasteiger partial charge in [-0.2, -0.15) is 0 Å². The van der Waals surface area contributed by atoms with E-state index in [0.29, 0.717) is 19.7 Å². The van der Waals surface area contributed by atoms with Crippen molar-refractivity contribution in [1.82, 2.24) is 10.2 Å². The highest BCUT2D eigenvalue weighted by molar-refractivity contribution is 5.73. The summed E-state index contributed by atoms with van der Waals surface area (Å²) in [6.45, 7) is 7.40. The van der Waals surface area contributed by atoms with Crippen LogP contribution in [-0.2, 0) is 9.53 Å². The van der Waals surface area contributed by atoms with E-state index in [1.807, 2.05) is 18.7 Å². The molecule has 0 saturated carbocycles. The number of hydrogen-bond acceptors (Lipinski definition) is 4. The molecule has 0 radical (unpaired) electrons. The number of piperazine rings is 1. The van der Waals surface area contributed by atoms with Crippen LogP contribution in [0.3, 0.4) is 0 Å². The monoisotopic (exact) mass is 216 g/mol. The minimum atomic E-state index is -0.758. The Morgan fingerprint density at radius 2 is 2.40 bits per heavy atom. The molecule has 88 valence electrons. The summed E-state index contributed by atoms with van der Waals surface area (Å²) in [6.07, 6.45) is 0.205. The van der Waals surface area contributed by atoms with Gasteiger partial charge in [-0.1, -0.05) is 0 Å². The molecule has 2 N–H and O–H groups in total. The van der Waals surface area contributed by atoms with E-state index in [1.165, 1.54) is 0 Å². The standard InChI is InChI=1S/C10H20N2O3/c1-8(2)15-6-5-12-4-3-11-7-9(12)10(13)14/h8-9,11H,3-7H2,1-2H3,(H,13,14). The van der Waals surface area contributed by atoms with Crippen LogP contribution < -0.4 is 5.32 Å². The van der Waals surface area contributed by atoms with Crippen LogP contribution in [0.1, 0.15) is 13.8 Å². The molecule has 0 aliphatic carbocycles. The second-order valence-electron chi connectivity index (χ2n) is 4.01. The zero-order chi connectivity index (χ0) is 11.3. The highest BCUT2D eigenvalue weighted by Gasteiger charge is 2.27.